The molecule has 2 heterocycles. The molecule has 1 aliphatic heterocycles. The number of rotatable bonds is 4. The van der Waals surface area contributed by atoms with Gasteiger partial charge in [0.1, 0.15) is 10.8 Å². The minimum Gasteiger partial charge on any atom is -0.389 e. The van der Waals surface area contributed by atoms with E-state index in [0.717, 1.165) is 50.4 Å². The summed E-state index contributed by atoms with van der Waals surface area (Å²) in [5.74, 6) is 1.01. The number of piperazine rings is 1. The van der Waals surface area contributed by atoms with Crippen molar-refractivity contribution in [3.05, 3.63) is 22.9 Å². The average molecular weight is 304 g/mol. The molecule has 5 heteroatoms. The molecule has 0 atom stereocenters. The fraction of sp³-hybridized carbons (Fsp3) is 0.625. The first kappa shape index (κ1) is 14.7. The maximum atomic E-state index is 5.94. The SMILES string of the molecule is CCCN1CCN(c2nc3c(cc2C(N)=S)CCC3)CC1. The predicted octanol–water partition coefficient (Wildman–Crippen LogP) is 1.74. The van der Waals surface area contributed by atoms with Crippen molar-refractivity contribution in [2.75, 3.05) is 37.6 Å². The number of aromatic nitrogens is 1. The van der Waals surface area contributed by atoms with Gasteiger partial charge in [-0.1, -0.05) is 19.1 Å². The van der Waals surface area contributed by atoms with Crippen molar-refractivity contribution >= 4 is 23.0 Å². The number of nitrogens with zero attached hydrogens (tertiary/aromatic N) is 3. The molecule has 1 saturated heterocycles. The lowest BCUT2D eigenvalue weighted by atomic mass is 10.1. The maximum Gasteiger partial charge on any atom is 0.139 e. The summed E-state index contributed by atoms with van der Waals surface area (Å²) < 4.78 is 0. The highest BCUT2D eigenvalue weighted by Gasteiger charge is 2.24. The Balaban J connectivity index is 1.83. The van der Waals surface area contributed by atoms with Crippen LogP contribution in [0.2, 0.25) is 0 Å². The van der Waals surface area contributed by atoms with Gasteiger partial charge in [0, 0.05) is 31.9 Å². The first-order chi connectivity index (χ1) is 10.2. The van der Waals surface area contributed by atoms with Crippen LogP contribution >= 0.6 is 12.2 Å². The molecule has 2 aliphatic rings. The summed E-state index contributed by atoms with van der Waals surface area (Å²) >= 11 is 5.26. The monoisotopic (exact) mass is 304 g/mol. The molecule has 114 valence electrons. The van der Waals surface area contributed by atoms with E-state index >= 15 is 0 Å². The first-order valence-corrected chi connectivity index (χ1v) is 8.39. The predicted molar refractivity (Wildman–Crippen MR) is 91.1 cm³/mol. The zero-order valence-corrected chi connectivity index (χ0v) is 13.6. The van der Waals surface area contributed by atoms with E-state index in [9.17, 15) is 0 Å². The van der Waals surface area contributed by atoms with Crippen LogP contribution in [0.15, 0.2) is 6.07 Å². The molecule has 1 aromatic heterocycles. The van der Waals surface area contributed by atoms with Crippen LogP contribution in [0.3, 0.4) is 0 Å². The summed E-state index contributed by atoms with van der Waals surface area (Å²) in [7, 11) is 0. The van der Waals surface area contributed by atoms with Gasteiger partial charge in [-0.05, 0) is 43.9 Å². The van der Waals surface area contributed by atoms with Crippen molar-refractivity contribution < 1.29 is 0 Å². The number of pyridine rings is 1. The summed E-state index contributed by atoms with van der Waals surface area (Å²) in [6.45, 7) is 7.66. The molecule has 3 rings (SSSR count). The van der Waals surface area contributed by atoms with Crippen LogP contribution in [0.4, 0.5) is 5.82 Å². The van der Waals surface area contributed by atoms with Crippen LogP contribution in [0.25, 0.3) is 0 Å². The van der Waals surface area contributed by atoms with Crippen LogP contribution in [-0.4, -0.2) is 47.6 Å². The second kappa shape index (κ2) is 6.28. The van der Waals surface area contributed by atoms with Crippen molar-refractivity contribution in [2.24, 2.45) is 5.73 Å². The van der Waals surface area contributed by atoms with E-state index in [1.54, 1.807) is 0 Å². The molecule has 0 bridgehead atoms. The van der Waals surface area contributed by atoms with Crippen molar-refractivity contribution in [1.82, 2.24) is 9.88 Å². The molecule has 0 amide bonds. The molecule has 4 nitrogen and oxygen atoms in total. The van der Waals surface area contributed by atoms with Gasteiger partial charge in [-0.2, -0.15) is 0 Å². The Morgan fingerprint density at radius 3 is 2.71 bits per heavy atom. The van der Waals surface area contributed by atoms with Crippen molar-refractivity contribution in [3.8, 4) is 0 Å². The molecule has 0 saturated carbocycles. The van der Waals surface area contributed by atoms with Gasteiger partial charge < -0.3 is 10.6 Å². The average Bonchev–Trinajstić information content (AvgIpc) is 2.94. The van der Waals surface area contributed by atoms with E-state index in [-0.39, 0.29) is 0 Å². The quantitative estimate of drug-likeness (QED) is 0.859. The van der Waals surface area contributed by atoms with E-state index < -0.39 is 0 Å². The van der Waals surface area contributed by atoms with Crippen LogP contribution in [-0.2, 0) is 12.8 Å². The van der Waals surface area contributed by atoms with Crippen molar-refractivity contribution in [1.29, 1.82) is 0 Å². The second-order valence-electron chi connectivity index (χ2n) is 6.01. The molecule has 0 radical (unpaired) electrons. The van der Waals surface area contributed by atoms with Crippen molar-refractivity contribution in [2.45, 2.75) is 32.6 Å². The Morgan fingerprint density at radius 1 is 1.29 bits per heavy atom. The minimum atomic E-state index is 0.475. The molecule has 0 unspecified atom stereocenters. The van der Waals surface area contributed by atoms with Gasteiger partial charge in [0.15, 0.2) is 0 Å². The second-order valence-corrected chi connectivity index (χ2v) is 6.45. The van der Waals surface area contributed by atoms with Crippen LogP contribution in [0.5, 0.6) is 0 Å². The summed E-state index contributed by atoms with van der Waals surface area (Å²) in [5.41, 5.74) is 9.50. The highest BCUT2D eigenvalue weighted by atomic mass is 32.1. The van der Waals surface area contributed by atoms with Crippen LogP contribution in [0, 0.1) is 0 Å². The molecule has 1 aromatic rings. The summed E-state index contributed by atoms with van der Waals surface area (Å²) in [4.78, 5) is 10.3. The minimum absolute atomic E-state index is 0.475. The number of nitrogens with two attached hydrogens (primary N) is 1. The third kappa shape index (κ3) is 3.04. The zero-order valence-electron chi connectivity index (χ0n) is 12.8. The number of anilines is 1. The molecule has 0 aromatic carbocycles. The Hall–Kier alpha value is -1.20. The van der Waals surface area contributed by atoms with Crippen molar-refractivity contribution in [3.63, 3.8) is 0 Å². The lowest BCUT2D eigenvalue weighted by Crippen LogP contribution is -2.47. The molecule has 21 heavy (non-hydrogen) atoms. The molecule has 1 aliphatic carbocycles. The molecule has 0 spiro atoms. The number of fused-ring (bicyclic) bond motifs is 1. The lowest BCUT2D eigenvalue weighted by Gasteiger charge is -2.36. The van der Waals surface area contributed by atoms with Gasteiger partial charge in [-0.15, -0.1) is 0 Å². The van der Waals surface area contributed by atoms with Gasteiger partial charge in [0.05, 0.1) is 5.56 Å². The third-order valence-electron chi connectivity index (χ3n) is 4.51. The maximum absolute atomic E-state index is 5.94. The van der Waals surface area contributed by atoms with Crippen LogP contribution in [0.1, 0.15) is 36.6 Å². The van der Waals surface area contributed by atoms with E-state index in [0.29, 0.717) is 4.99 Å². The number of thiocarbonyl (C=S) groups is 1. The smallest absolute Gasteiger partial charge is 0.139 e. The Labute approximate surface area is 132 Å². The van der Waals surface area contributed by atoms with Gasteiger partial charge >= 0.3 is 0 Å². The first-order valence-electron chi connectivity index (χ1n) is 7.99. The number of aryl methyl sites for hydroxylation is 2. The Morgan fingerprint density at radius 2 is 2.05 bits per heavy atom. The fourth-order valence-electron chi connectivity index (χ4n) is 3.38. The van der Waals surface area contributed by atoms with E-state index in [2.05, 4.69) is 22.8 Å². The summed E-state index contributed by atoms with van der Waals surface area (Å²) in [5, 5.41) is 0. The normalized spacial score (nSPS) is 18.8. The standard InChI is InChI=1S/C16H24N4S/c1-2-6-19-7-9-20(10-8-19)16-13(15(17)21)11-12-4-3-5-14(12)18-16/h11H,2-10H2,1H3,(H2,17,21). The topological polar surface area (TPSA) is 45.4 Å². The highest BCUT2D eigenvalue weighted by Crippen LogP contribution is 2.28. The molecular weight excluding hydrogens is 280 g/mol. The zero-order chi connectivity index (χ0) is 14.8. The molecule has 1 fully saturated rings. The van der Waals surface area contributed by atoms with Crippen LogP contribution < -0.4 is 10.6 Å². The van der Waals surface area contributed by atoms with Gasteiger partial charge in [-0.3, -0.25) is 4.90 Å². The van der Waals surface area contributed by atoms with Gasteiger partial charge in [0.2, 0.25) is 0 Å². The Kier molecular flexibility index (Phi) is 4.40. The van der Waals surface area contributed by atoms with E-state index in [4.69, 9.17) is 22.9 Å². The lowest BCUT2D eigenvalue weighted by molar-refractivity contribution is 0.258. The van der Waals surface area contributed by atoms with E-state index in [1.807, 2.05) is 0 Å². The Bertz CT molecular complexity index is 535. The number of hydrogen-bond acceptors (Lipinski definition) is 4. The summed E-state index contributed by atoms with van der Waals surface area (Å²) in [6.07, 6.45) is 4.63. The largest absolute Gasteiger partial charge is 0.389 e. The third-order valence-corrected chi connectivity index (χ3v) is 4.73. The highest BCUT2D eigenvalue weighted by molar-refractivity contribution is 7.80. The van der Waals surface area contributed by atoms with Gasteiger partial charge in [-0.25, -0.2) is 4.98 Å². The van der Waals surface area contributed by atoms with E-state index in [1.165, 1.54) is 30.6 Å². The number of hydrogen-bond donors (Lipinski definition) is 1. The fourth-order valence-corrected chi connectivity index (χ4v) is 3.53. The molecule has 2 N–H and O–H groups in total. The molecular formula is C16H24N4S. The van der Waals surface area contributed by atoms with Gasteiger partial charge in [0.25, 0.3) is 0 Å². The summed E-state index contributed by atoms with van der Waals surface area (Å²) in [6, 6.07) is 2.19.